The molecule has 0 aromatic carbocycles. The van der Waals surface area contributed by atoms with Gasteiger partial charge in [0, 0.05) is 12.2 Å². The Labute approximate surface area is 81.8 Å². The van der Waals surface area contributed by atoms with Crippen molar-refractivity contribution in [3.63, 3.8) is 0 Å². The first-order valence-electron chi connectivity index (χ1n) is 3.15. The van der Waals surface area contributed by atoms with Crippen LogP contribution in [0.25, 0.3) is 0 Å². The van der Waals surface area contributed by atoms with Gasteiger partial charge < -0.3 is 9.84 Å². The van der Waals surface area contributed by atoms with Gasteiger partial charge in [0.25, 0.3) is 0 Å². The van der Waals surface area contributed by atoms with Crippen LogP contribution < -0.4 is 0 Å². The van der Waals surface area contributed by atoms with Crippen molar-refractivity contribution < 1.29 is 19.4 Å². The summed E-state index contributed by atoms with van der Waals surface area (Å²) in [6.45, 7) is 0. The molecule has 0 saturated carbocycles. The molecule has 0 heterocycles. The zero-order chi connectivity index (χ0) is 9.98. The van der Waals surface area contributed by atoms with Gasteiger partial charge in [-0.05, 0) is 0 Å². The molecule has 0 saturated heterocycles. The molecular formula is C7H12O4Sn. The van der Waals surface area contributed by atoms with E-state index in [9.17, 15) is 9.59 Å². The fourth-order valence-corrected chi connectivity index (χ4v) is 0.207. The molecule has 0 aliphatic heterocycles. The standard InChI is InChI=1S/C5H6O4.2CH3.Sn/c1-9-5(8)3-2-4(6)7;;;/h2-3H,1H3,(H,6,7);2*1H3;/b3-2-;;;. The quantitative estimate of drug-likeness (QED) is 0.456. The van der Waals surface area contributed by atoms with Gasteiger partial charge in [0.2, 0.25) is 0 Å². The van der Waals surface area contributed by atoms with E-state index >= 15 is 0 Å². The molecule has 5 heteroatoms. The second kappa shape index (κ2) is 10.5. The van der Waals surface area contributed by atoms with Gasteiger partial charge in [-0.15, -0.1) is 0 Å². The molecule has 0 unspecified atom stereocenters. The summed E-state index contributed by atoms with van der Waals surface area (Å²) in [6, 6.07) is 0. The summed E-state index contributed by atoms with van der Waals surface area (Å²) in [5.41, 5.74) is 0. The zero-order valence-corrected chi connectivity index (χ0v) is 10.2. The molecule has 0 aromatic heterocycles. The first-order valence-corrected chi connectivity index (χ1v) is 8.86. The van der Waals surface area contributed by atoms with Crippen LogP contribution >= 0.6 is 0 Å². The number of carboxylic acid groups (broad SMARTS) is 1. The fraction of sp³-hybridized carbons (Fsp3) is 0.429. The van der Waals surface area contributed by atoms with Gasteiger partial charge in [0.05, 0.1) is 7.11 Å². The Bertz CT molecular complexity index is 165. The van der Waals surface area contributed by atoms with E-state index < -0.39 is 11.9 Å². The third-order valence-electron chi connectivity index (χ3n) is 0.563. The fourth-order valence-electron chi connectivity index (χ4n) is 0.207. The van der Waals surface area contributed by atoms with E-state index in [2.05, 4.69) is 14.6 Å². The van der Waals surface area contributed by atoms with Gasteiger partial charge in [0.1, 0.15) is 0 Å². The number of hydrogen-bond acceptors (Lipinski definition) is 3. The number of hydrogen-bond donors (Lipinski definition) is 1. The van der Waals surface area contributed by atoms with Crippen molar-refractivity contribution in [3.8, 4) is 0 Å². The van der Waals surface area contributed by atoms with Crippen LogP contribution in [0, 0.1) is 0 Å². The Kier molecular flexibility index (Phi) is 12.3. The molecule has 0 aliphatic rings. The van der Waals surface area contributed by atoms with Crippen LogP contribution in [-0.2, 0) is 14.3 Å². The molecule has 12 heavy (non-hydrogen) atoms. The molecule has 0 rings (SSSR count). The van der Waals surface area contributed by atoms with Crippen LogP contribution in [0.15, 0.2) is 12.2 Å². The minimum absolute atomic E-state index is 0.230. The van der Waals surface area contributed by atoms with Crippen LogP contribution in [0.5, 0.6) is 0 Å². The Morgan fingerprint density at radius 3 is 2.00 bits per heavy atom. The van der Waals surface area contributed by atoms with Gasteiger partial charge in [-0.2, -0.15) is 0 Å². The molecule has 0 aliphatic carbocycles. The van der Waals surface area contributed by atoms with E-state index in [0.29, 0.717) is 6.08 Å². The van der Waals surface area contributed by atoms with E-state index in [4.69, 9.17) is 5.11 Å². The van der Waals surface area contributed by atoms with Gasteiger partial charge >= 0.3 is 43.0 Å². The van der Waals surface area contributed by atoms with Crippen molar-refractivity contribution in [2.24, 2.45) is 0 Å². The minimum atomic E-state index is -1.17. The summed E-state index contributed by atoms with van der Waals surface area (Å²) < 4.78 is 4.11. The number of carboxylic acids is 1. The van der Waals surface area contributed by atoms with E-state index in [1.54, 1.807) is 0 Å². The molecule has 0 atom stereocenters. The number of aliphatic carboxylic acids is 1. The maximum atomic E-state index is 10.1. The monoisotopic (exact) mass is 280 g/mol. The van der Waals surface area contributed by atoms with Crippen molar-refractivity contribution in [1.29, 1.82) is 0 Å². The van der Waals surface area contributed by atoms with Gasteiger partial charge in [0.15, 0.2) is 0 Å². The van der Waals surface area contributed by atoms with E-state index in [1.165, 1.54) is 7.11 Å². The van der Waals surface area contributed by atoms with Crippen LogP contribution in [0.2, 0.25) is 9.88 Å². The maximum absolute atomic E-state index is 10.1. The summed E-state index contributed by atoms with van der Waals surface area (Å²) in [7, 11) is 1.18. The van der Waals surface area contributed by atoms with E-state index in [0.717, 1.165) is 6.08 Å². The molecule has 1 N–H and O–H groups in total. The number of esters is 1. The van der Waals surface area contributed by atoms with Crippen LogP contribution in [0.4, 0.5) is 0 Å². The second-order valence-electron chi connectivity index (χ2n) is 1.69. The molecular weight excluding hydrogens is 267 g/mol. The van der Waals surface area contributed by atoms with Crippen molar-refractivity contribution in [3.05, 3.63) is 12.2 Å². The van der Waals surface area contributed by atoms with Gasteiger partial charge in [-0.25, -0.2) is 9.59 Å². The van der Waals surface area contributed by atoms with Gasteiger partial charge in [-0.1, -0.05) is 0 Å². The van der Waals surface area contributed by atoms with Crippen LogP contribution in [0.1, 0.15) is 0 Å². The van der Waals surface area contributed by atoms with Crippen LogP contribution in [0.3, 0.4) is 0 Å². The Hall–Kier alpha value is -0.521. The third kappa shape index (κ3) is 16.2. The number of methoxy groups -OCH3 is 1. The van der Waals surface area contributed by atoms with E-state index in [1.807, 2.05) is 0 Å². The second-order valence-corrected chi connectivity index (χ2v) is 4.55. The van der Waals surface area contributed by atoms with E-state index in [-0.39, 0.29) is 21.1 Å². The molecule has 0 fully saturated rings. The molecule has 0 amide bonds. The number of rotatable bonds is 2. The van der Waals surface area contributed by atoms with Gasteiger partial charge in [-0.3, -0.25) is 0 Å². The predicted molar refractivity (Wildman–Crippen MR) is 46.3 cm³/mol. The normalized spacial score (nSPS) is 8.58. The molecule has 0 bridgehead atoms. The first-order chi connectivity index (χ1) is 5.58. The Morgan fingerprint density at radius 2 is 1.75 bits per heavy atom. The number of ether oxygens (including phenoxy) is 1. The molecule has 0 aromatic rings. The number of carbonyl (C=O) groups is 2. The van der Waals surface area contributed by atoms with Crippen molar-refractivity contribution in [2.45, 2.75) is 9.88 Å². The summed E-state index contributed by atoms with van der Waals surface area (Å²) >= 11 is 0.230. The molecule has 4 nitrogen and oxygen atoms in total. The molecule has 0 spiro atoms. The summed E-state index contributed by atoms with van der Waals surface area (Å²) in [6.07, 6.45) is 1.55. The van der Waals surface area contributed by atoms with Crippen LogP contribution in [-0.4, -0.2) is 45.3 Å². The topological polar surface area (TPSA) is 63.6 Å². The van der Waals surface area contributed by atoms with Crippen molar-refractivity contribution >= 4 is 33.1 Å². The molecule has 2 radical (unpaired) electrons. The first kappa shape index (κ1) is 14.0. The Balaban J connectivity index is 0. The average molecular weight is 279 g/mol. The summed E-state index contributed by atoms with van der Waals surface area (Å²) in [5.74, 6) is -1.84. The predicted octanol–water partition coefficient (Wildman–Crippen LogP) is 0.587. The molecule has 68 valence electrons. The van der Waals surface area contributed by atoms with Crippen molar-refractivity contribution in [2.75, 3.05) is 7.11 Å². The summed E-state index contributed by atoms with van der Waals surface area (Å²) in [5, 5.41) is 7.96. The van der Waals surface area contributed by atoms with Crippen molar-refractivity contribution in [1.82, 2.24) is 0 Å². The number of carbonyl (C=O) groups excluding carboxylic acids is 1. The summed E-state index contributed by atoms with van der Waals surface area (Å²) in [4.78, 5) is 24.5. The zero-order valence-electron chi connectivity index (χ0n) is 7.33. The average Bonchev–Trinajstić information content (AvgIpc) is 2.01. The SMILES string of the molecule is COC(=O)/C=C\C(=O)O.[CH3][Sn][CH3]. The third-order valence-corrected chi connectivity index (χ3v) is 0.563. The Morgan fingerprint density at radius 1 is 1.33 bits per heavy atom.